The number of nitrogens with zero attached hydrogens (tertiary/aromatic N) is 1. The number of amides is 1. The molecule has 0 spiro atoms. The number of rotatable bonds is 6. The highest BCUT2D eigenvalue weighted by atomic mass is 16.3. The monoisotopic (exact) mass is 264 g/mol. The van der Waals surface area contributed by atoms with Crippen molar-refractivity contribution in [1.82, 2.24) is 4.90 Å². The zero-order chi connectivity index (χ0) is 14.5. The van der Waals surface area contributed by atoms with Crippen LogP contribution in [-0.4, -0.2) is 40.6 Å². The van der Waals surface area contributed by atoms with Gasteiger partial charge in [-0.15, -0.1) is 0 Å². The number of aliphatic hydroxyl groups is 1. The van der Waals surface area contributed by atoms with Gasteiger partial charge >= 0.3 is 0 Å². The van der Waals surface area contributed by atoms with E-state index in [4.69, 9.17) is 5.73 Å². The summed E-state index contributed by atoms with van der Waals surface area (Å²) in [6.07, 6.45) is 0.516. The summed E-state index contributed by atoms with van der Waals surface area (Å²) in [5.41, 5.74) is 6.11. The Kier molecular flexibility index (Phi) is 5.51. The molecule has 1 aromatic rings. The molecule has 0 aliphatic heterocycles. The summed E-state index contributed by atoms with van der Waals surface area (Å²) in [6.45, 7) is 6.10. The zero-order valence-corrected chi connectivity index (χ0v) is 12.0. The number of benzene rings is 1. The van der Waals surface area contributed by atoms with Crippen molar-refractivity contribution >= 4 is 5.91 Å². The molecule has 1 rings (SSSR count). The number of carbonyl (C=O) groups is 1. The van der Waals surface area contributed by atoms with Gasteiger partial charge in [-0.1, -0.05) is 30.3 Å². The molecule has 0 aliphatic carbocycles. The van der Waals surface area contributed by atoms with Crippen LogP contribution in [0.25, 0.3) is 0 Å². The van der Waals surface area contributed by atoms with Gasteiger partial charge in [-0.3, -0.25) is 4.79 Å². The van der Waals surface area contributed by atoms with E-state index in [1.807, 2.05) is 37.3 Å². The third kappa shape index (κ3) is 5.41. The fourth-order valence-corrected chi connectivity index (χ4v) is 2.00. The maximum atomic E-state index is 12.2. The molecule has 1 atom stereocenters. The predicted molar refractivity (Wildman–Crippen MR) is 76.7 cm³/mol. The van der Waals surface area contributed by atoms with E-state index in [0.717, 1.165) is 5.56 Å². The number of hydrogen-bond acceptors (Lipinski definition) is 3. The molecule has 1 aromatic carbocycles. The van der Waals surface area contributed by atoms with Crippen molar-refractivity contribution in [3.8, 4) is 0 Å². The molecular weight excluding hydrogens is 240 g/mol. The van der Waals surface area contributed by atoms with Gasteiger partial charge in [-0.05, 0) is 32.8 Å². The first-order valence-corrected chi connectivity index (χ1v) is 6.64. The van der Waals surface area contributed by atoms with Gasteiger partial charge in [0.2, 0.25) is 5.91 Å². The molecule has 106 valence electrons. The summed E-state index contributed by atoms with van der Waals surface area (Å²) in [4.78, 5) is 13.9. The smallest absolute Gasteiger partial charge is 0.239 e. The minimum Gasteiger partial charge on any atom is -0.389 e. The Bertz CT molecular complexity index is 398. The van der Waals surface area contributed by atoms with Crippen LogP contribution in [0.15, 0.2) is 30.3 Å². The largest absolute Gasteiger partial charge is 0.389 e. The molecule has 0 bridgehead atoms. The molecule has 0 aliphatic rings. The molecule has 1 amide bonds. The first-order valence-electron chi connectivity index (χ1n) is 6.64. The predicted octanol–water partition coefficient (Wildman–Crippen LogP) is 1.18. The molecular formula is C15H24N2O2. The van der Waals surface area contributed by atoms with E-state index in [9.17, 15) is 9.90 Å². The van der Waals surface area contributed by atoms with Gasteiger partial charge in [0.05, 0.1) is 11.6 Å². The summed E-state index contributed by atoms with van der Waals surface area (Å²) in [5, 5.41) is 9.80. The standard InChI is InChI=1S/C15H24N2O2/c1-4-17(11-15(2,3)19)14(18)13(16)10-12-8-6-5-7-9-12/h5-9,13,19H,4,10-11,16H2,1-3H3/t13-/m1/s1. The maximum absolute atomic E-state index is 12.2. The zero-order valence-electron chi connectivity index (χ0n) is 12.0. The molecule has 0 saturated heterocycles. The average Bonchev–Trinajstić information content (AvgIpc) is 2.35. The lowest BCUT2D eigenvalue weighted by atomic mass is 10.0. The van der Waals surface area contributed by atoms with Gasteiger partial charge in [-0.2, -0.15) is 0 Å². The van der Waals surface area contributed by atoms with Crippen molar-refractivity contribution < 1.29 is 9.90 Å². The molecule has 0 aromatic heterocycles. The molecule has 4 heteroatoms. The van der Waals surface area contributed by atoms with Gasteiger partial charge in [-0.25, -0.2) is 0 Å². The molecule has 0 radical (unpaired) electrons. The second-order valence-electron chi connectivity index (χ2n) is 5.46. The normalized spacial score (nSPS) is 13.1. The van der Waals surface area contributed by atoms with Crippen LogP contribution in [0.1, 0.15) is 26.3 Å². The van der Waals surface area contributed by atoms with Gasteiger partial charge < -0.3 is 15.7 Å². The Balaban J connectivity index is 2.64. The van der Waals surface area contributed by atoms with Crippen molar-refractivity contribution in [2.75, 3.05) is 13.1 Å². The third-order valence-electron chi connectivity index (χ3n) is 2.89. The number of likely N-dealkylation sites (N-methyl/N-ethyl adjacent to an activating group) is 1. The van der Waals surface area contributed by atoms with Crippen LogP contribution in [0.4, 0.5) is 0 Å². The maximum Gasteiger partial charge on any atom is 0.239 e. The van der Waals surface area contributed by atoms with Crippen molar-refractivity contribution in [3.63, 3.8) is 0 Å². The fraction of sp³-hybridized carbons (Fsp3) is 0.533. The lowest BCUT2D eigenvalue weighted by Gasteiger charge is -2.30. The summed E-state index contributed by atoms with van der Waals surface area (Å²) in [6, 6.07) is 9.15. The lowest BCUT2D eigenvalue weighted by Crippen LogP contribution is -2.49. The summed E-state index contributed by atoms with van der Waals surface area (Å²) in [5.74, 6) is -0.117. The Hall–Kier alpha value is -1.39. The highest BCUT2D eigenvalue weighted by molar-refractivity contribution is 5.82. The first-order chi connectivity index (χ1) is 8.83. The van der Waals surface area contributed by atoms with Crippen molar-refractivity contribution in [2.24, 2.45) is 5.73 Å². The average molecular weight is 264 g/mol. The summed E-state index contributed by atoms with van der Waals surface area (Å²) < 4.78 is 0. The van der Waals surface area contributed by atoms with Crippen LogP contribution in [-0.2, 0) is 11.2 Å². The van der Waals surface area contributed by atoms with E-state index in [1.165, 1.54) is 0 Å². The van der Waals surface area contributed by atoms with Gasteiger partial charge in [0, 0.05) is 13.1 Å². The SMILES string of the molecule is CCN(CC(C)(C)O)C(=O)[C@H](N)Cc1ccccc1. The van der Waals surface area contributed by atoms with E-state index in [0.29, 0.717) is 19.5 Å². The Morgan fingerprint density at radius 2 is 1.95 bits per heavy atom. The number of hydrogen-bond donors (Lipinski definition) is 2. The van der Waals surface area contributed by atoms with Gasteiger partial charge in [0.1, 0.15) is 0 Å². The highest BCUT2D eigenvalue weighted by Crippen LogP contribution is 2.08. The van der Waals surface area contributed by atoms with Crippen LogP contribution in [0.2, 0.25) is 0 Å². The molecule has 19 heavy (non-hydrogen) atoms. The Labute approximate surface area is 115 Å². The van der Waals surface area contributed by atoms with E-state index in [1.54, 1.807) is 18.7 Å². The fourth-order valence-electron chi connectivity index (χ4n) is 2.00. The molecule has 0 fully saturated rings. The van der Waals surface area contributed by atoms with Crippen LogP contribution in [0, 0.1) is 0 Å². The van der Waals surface area contributed by atoms with E-state index >= 15 is 0 Å². The molecule has 4 nitrogen and oxygen atoms in total. The third-order valence-corrected chi connectivity index (χ3v) is 2.89. The minimum absolute atomic E-state index is 0.117. The first kappa shape index (κ1) is 15.7. The van der Waals surface area contributed by atoms with Crippen LogP contribution in [0.3, 0.4) is 0 Å². The van der Waals surface area contributed by atoms with Crippen molar-refractivity contribution in [3.05, 3.63) is 35.9 Å². The van der Waals surface area contributed by atoms with Gasteiger partial charge in [0.25, 0.3) is 0 Å². The minimum atomic E-state index is -0.905. The Morgan fingerprint density at radius 1 is 1.37 bits per heavy atom. The van der Waals surface area contributed by atoms with Crippen LogP contribution in [0.5, 0.6) is 0 Å². The van der Waals surface area contributed by atoms with Crippen LogP contribution < -0.4 is 5.73 Å². The molecule has 0 saturated carbocycles. The molecule has 0 heterocycles. The van der Waals surface area contributed by atoms with E-state index in [-0.39, 0.29) is 5.91 Å². The van der Waals surface area contributed by atoms with E-state index < -0.39 is 11.6 Å². The van der Waals surface area contributed by atoms with E-state index in [2.05, 4.69) is 0 Å². The van der Waals surface area contributed by atoms with Gasteiger partial charge in [0.15, 0.2) is 0 Å². The summed E-state index contributed by atoms with van der Waals surface area (Å²) >= 11 is 0. The van der Waals surface area contributed by atoms with Crippen molar-refractivity contribution in [2.45, 2.75) is 38.8 Å². The second kappa shape index (κ2) is 6.68. The molecule has 3 N–H and O–H groups in total. The molecule has 0 unspecified atom stereocenters. The lowest BCUT2D eigenvalue weighted by molar-refractivity contribution is -0.135. The second-order valence-corrected chi connectivity index (χ2v) is 5.46. The number of nitrogens with two attached hydrogens (primary N) is 1. The quantitative estimate of drug-likeness (QED) is 0.810. The number of carbonyl (C=O) groups excluding carboxylic acids is 1. The topological polar surface area (TPSA) is 66.6 Å². The highest BCUT2D eigenvalue weighted by Gasteiger charge is 2.25. The van der Waals surface area contributed by atoms with Crippen LogP contribution >= 0.6 is 0 Å². The summed E-state index contributed by atoms with van der Waals surface area (Å²) in [7, 11) is 0. The van der Waals surface area contributed by atoms with Crippen molar-refractivity contribution in [1.29, 1.82) is 0 Å². The Morgan fingerprint density at radius 3 is 2.42 bits per heavy atom.